The number of hydrogen-bond donors (Lipinski definition) is 0. The molecule has 0 atom stereocenters. The van der Waals surface area contributed by atoms with Gasteiger partial charge in [0, 0.05) is 23.9 Å². The maximum atomic E-state index is 13.6. The number of para-hydroxylation sites is 1. The first kappa shape index (κ1) is 25.7. The Hall–Kier alpha value is -3.95. The van der Waals surface area contributed by atoms with Crippen molar-refractivity contribution >= 4 is 40.3 Å². The number of hydrogen-bond acceptors (Lipinski definition) is 6. The molecule has 0 aliphatic carbocycles. The number of thioether (sulfide) groups is 1. The first-order chi connectivity index (χ1) is 18.5. The second-order valence-corrected chi connectivity index (χ2v) is 10.2. The summed E-state index contributed by atoms with van der Waals surface area (Å²) in [5.74, 6) is 0.808. The second-order valence-electron chi connectivity index (χ2n) is 8.49. The largest absolute Gasteiger partial charge is 0.493 e. The van der Waals surface area contributed by atoms with Gasteiger partial charge in [0.15, 0.2) is 11.5 Å². The summed E-state index contributed by atoms with van der Waals surface area (Å²) in [4.78, 5) is 15.5. The molecule has 5 rings (SSSR count). The minimum absolute atomic E-state index is 0.155. The molecule has 0 radical (unpaired) electrons. The highest BCUT2D eigenvalue weighted by molar-refractivity contribution is 8.26. The average Bonchev–Trinajstić information content (AvgIpc) is 3.48. The van der Waals surface area contributed by atoms with Gasteiger partial charge in [0.05, 0.1) is 30.5 Å². The molecule has 0 unspecified atom stereocenters. The number of aromatic nitrogens is 2. The van der Waals surface area contributed by atoms with Crippen LogP contribution in [-0.4, -0.2) is 45.7 Å². The van der Waals surface area contributed by atoms with Crippen molar-refractivity contribution in [3.8, 4) is 28.4 Å². The van der Waals surface area contributed by atoms with E-state index in [2.05, 4.69) is 0 Å². The highest BCUT2D eigenvalue weighted by atomic mass is 32.2. The van der Waals surface area contributed by atoms with Gasteiger partial charge in [-0.3, -0.25) is 9.69 Å². The zero-order valence-electron chi connectivity index (χ0n) is 20.8. The summed E-state index contributed by atoms with van der Waals surface area (Å²) in [7, 11) is 3.18. The number of nitrogens with zero attached hydrogens (tertiary/aromatic N) is 3. The molecule has 1 saturated heterocycles. The van der Waals surface area contributed by atoms with Crippen molar-refractivity contribution < 1.29 is 18.7 Å². The lowest BCUT2D eigenvalue weighted by molar-refractivity contribution is -0.122. The van der Waals surface area contributed by atoms with Gasteiger partial charge in [-0.05, 0) is 66.6 Å². The van der Waals surface area contributed by atoms with Gasteiger partial charge in [0.25, 0.3) is 5.91 Å². The van der Waals surface area contributed by atoms with Gasteiger partial charge in [-0.1, -0.05) is 48.2 Å². The van der Waals surface area contributed by atoms with Gasteiger partial charge < -0.3 is 9.47 Å². The maximum absolute atomic E-state index is 13.6. The van der Waals surface area contributed by atoms with E-state index in [1.54, 1.807) is 42.0 Å². The zero-order valence-corrected chi connectivity index (χ0v) is 22.4. The summed E-state index contributed by atoms with van der Waals surface area (Å²) in [6, 6.07) is 21.5. The predicted octanol–water partition coefficient (Wildman–Crippen LogP) is 6.14. The van der Waals surface area contributed by atoms with E-state index in [-0.39, 0.29) is 11.7 Å². The van der Waals surface area contributed by atoms with Crippen molar-refractivity contribution in [3.05, 3.63) is 101 Å². The fourth-order valence-electron chi connectivity index (χ4n) is 4.15. The quantitative estimate of drug-likeness (QED) is 0.196. The molecular formula is C29H24FN3O3S2. The Morgan fingerprint density at radius 1 is 1.00 bits per heavy atom. The molecule has 6 nitrogen and oxygen atoms in total. The number of thiocarbonyl (C=S) groups is 1. The van der Waals surface area contributed by atoms with Gasteiger partial charge in [-0.15, -0.1) is 0 Å². The summed E-state index contributed by atoms with van der Waals surface area (Å²) in [6.45, 7) is 0.436. The lowest BCUT2D eigenvalue weighted by Crippen LogP contribution is -2.30. The first-order valence-electron chi connectivity index (χ1n) is 11.8. The fraction of sp³-hybridized carbons (Fsp3) is 0.138. The van der Waals surface area contributed by atoms with Gasteiger partial charge in [0.1, 0.15) is 10.1 Å². The van der Waals surface area contributed by atoms with Crippen LogP contribution < -0.4 is 9.47 Å². The molecule has 4 aromatic rings. The molecule has 3 aromatic carbocycles. The monoisotopic (exact) mass is 545 g/mol. The Morgan fingerprint density at radius 3 is 2.45 bits per heavy atom. The van der Waals surface area contributed by atoms with E-state index in [4.69, 9.17) is 26.8 Å². The van der Waals surface area contributed by atoms with Crippen molar-refractivity contribution in [1.82, 2.24) is 14.7 Å². The van der Waals surface area contributed by atoms with Crippen LogP contribution in [0.2, 0.25) is 0 Å². The molecule has 1 fully saturated rings. The van der Waals surface area contributed by atoms with E-state index in [1.165, 1.54) is 23.9 Å². The average molecular weight is 546 g/mol. The van der Waals surface area contributed by atoms with Crippen LogP contribution in [0, 0.1) is 5.82 Å². The molecule has 192 valence electrons. The molecule has 1 aliphatic heterocycles. The zero-order chi connectivity index (χ0) is 26.6. The molecule has 0 N–H and O–H groups in total. The highest BCUT2D eigenvalue weighted by Crippen LogP contribution is 2.35. The molecule has 38 heavy (non-hydrogen) atoms. The maximum Gasteiger partial charge on any atom is 0.266 e. The molecule has 2 heterocycles. The van der Waals surface area contributed by atoms with E-state index >= 15 is 0 Å². The molecule has 0 spiro atoms. The van der Waals surface area contributed by atoms with E-state index in [0.29, 0.717) is 39.4 Å². The SMILES string of the molecule is COc1ccc(CCN2C(=O)/C(=C\c3cn(-c4ccccc4)nc3-c3ccc(F)cc3)SC2=S)cc1OC. The Balaban J connectivity index is 1.42. The number of carbonyl (C=O) groups excluding carboxylic acids is 1. The topological polar surface area (TPSA) is 56.6 Å². The van der Waals surface area contributed by atoms with Crippen molar-refractivity contribution in [2.45, 2.75) is 6.42 Å². The van der Waals surface area contributed by atoms with Crippen LogP contribution >= 0.6 is 24.0 Å². The summed E-state index contributed by atoms with van der Waals surface area (Å²) in [6.07, 6.45) is 4.28. The second kappa shape index (κ2) is 11.2. The molecule has 1 aliphatic rings. The van der Waals surface area contributed by atoms with Crippen molar-refractivity contribution in [3.63, 3.8) is 0 Å². The minimum Gasteiger partial charge on any atom is -0.493 e. The molecule has 1 amide bonds. The lowest BCUT2D eigenvalue weighted by Gasteiger charge is -2.15. The van der Waals surface area contributed by atoms with Crippen LogP contribution in [0.4, 0.5) is 4.39 Å². The normalized spacial score (nSPS) is 14.4. The van der Waals surface area contributed by atoms with Crippen LogP contribution in [0.25, 0.3) is 23.0 Å². The molecule has 0 bridgehead atoms. The molecule has 1 aromatic heterocycles. The number of ether oxygens (including phenoxy) is 2. The van der Waals surface area contributed by atoms with E-state index in [0.717, 1.165) is 22.4 Å². The van der Waals surface area contributed by atoms with Gasteiger partial charge in [0.2, 0.25) is 0 Å². The fourth-order valence-corrected chi connectivity index (χ4v) is 5.45. The predicted molar refractivity (Wildman–Crippen MR) is 152 cm³/mol. The third kappa shape index (κ3) is 5.34. The molecule has 0 saturated carbocycles. The lowest BCUT2D eigenvalue weighted by atomic mass is 10.1. The van der Waals surface area contributed by atoms with Gasteiger partial charge in [-0.25, -0.2) is 9.07 Å². The summed E-state index contributed by atoms with van der Waals surface area (Å²) in [5.41, 5.74) is 4.00. The number of rotatable bonds is 8. The standard InChI is InChI=1S/C29H24FN3O3S2/c1-35-24-13-8-19(16-25(24)36-2)14-15-32-28(34)26(38-29(32)37)17-21-18-33(23-6-4-3-5-7-23)31-27(21)20-9-11-22(30)12-10-20/h3-13,16-18H,14-15H2,1-2H3/b26-17+. The number of carbonyl (C=O) groups is 1. The number of halogens is 1. The highest BCUT2D eigenvalue weighted by Gasteiger charge is 2.32. The Morgan fingerprint density at radius 2 is 1.74 bits per heavy atom. The van der Waals surface area contributed by atoms with Gasteiger partial charge in [-0.2, -0.15) is 5.10 Å². The van der Waals surface area contributed by atoms with E-state index in [1.807, 2.05) is 54.7 Å². The molecule has 9 heteroatoms. The summed E-state index contributed by atoms with van der Waals surface area (Å²) < 4.78 is 26.5. The van der Waals surface area contributed by atoms with Crippen molar-refractivity contribution in [2.24, 2.45) is 0 Å². The van der Waals surface area contributed by atoms with Gasteiger partial charge >= 0.3 is 0 Å². The van der Waals surface area contributed by atoms with Crippen LogP contribution in [-0.2, 0) is 11.2 Å². The van der Waals surface area contributed by atoms with Crippen LogP contribution in [0.5, 0.6) is 11.5 Å². The number of benzene rings is 3. The van der Waals surface area contributed by atoms with Crippen LogP contribution in [0.1, 0.15) is 11.1 Å². The van der Waals surface area contributed by atoms with Crippen LogP contribution in [0.15, 0.2) is 83.9 Å². The number of amides is 1. The van der Waals surface area contributed by atoms with Crippen molar-refractivity contribution in [2.75, 3.05) is 20.8 Å². The Bertz CT molecular complexity index is 1520. The third-order valence-electron chi connectivity index (χ3n) is 6.11. The van der Waals surface area contributed by atoms with Crippen LogP contribution in [0.3, 0.4) is 0 Å². The Kier molecular flexibility index (Phi) is 7.57. The first-order valence-corrected chi connectivity index (χ1v) is 13.1. The summed E-state index contributed by atoms with van der Waals surface area (Å²) in [5, 5.41) is 4.75. The number of methoxy groups -OCH3 is 2. The third-order valence-corrected chi connectivity index (χ3v) is 7.49. The summed E-state index contributed by atoms with van der Waals surface area (Å²) >= 11 is 6.82. The molecular weight excluding hydrogens is 521 g/mol. The Labute approximate surface area is 229 Å². The smallest absolute Gasteiger partial charge is 0.266 e. The van der Waals surface area contributed by atoms with E-state index in [9.17, 15) is 9.18 Å². The van der Waals surface area contributed by atoms with Crippen molar-refractivity contribution in [1.29, 1.82) is 0 Å². The minimum atomic E-state index is -0.326. The van der Waals surface area contributed by atoms with E-state index < -0.39 is 0 Å².